The summed E-state index contributed by atoms with van der Waals surface area (Å²) in [6.07, 6.45) is 2.11. The number of thioether (sulfide) groups is 1. The number of nitrogens with zero attached hydrogens (tertiary/aromatic N) is 9. The van der Waals surface area contributed by atoms with Gasteiger partial charge in [0, 0.05) is 12.8 Å². The zero-order valence-electron chi connectivity index (χ0n) is 17.6. The number of rotatable bonds is 8. The molecule has 4 rings (SSSR count). The number of benzene rings is 1. The molecule has 0 aliphatic rings. The number of amides is 1. The summed E-state index contributed by atoms with van der Waals surface area (Å²) in [5.41, 5.74) is 10.1. The maximum absolute atomic E-state index is 13.0. The summed E-state index contributed by atoms with van der Waals surface area (Å²) in [5.74, 6) is -0.0832. The fraction of sp³-hybridized carbons (Fsp3) is 0.222. The molecule has 170 valence electrons. The Kier molecular flexibility index (Phi) is 6.30. The zero-order chi connectivity index (χ0) is 23.4. The number of hydrogen-bond donors (Lipinski definition) is 3. The van der Waals surface area contributed by atoms with Gasteiger partial charge in [-0.25, -0.2) is 10.1 Å². The minimum absolute atomic E-state index is 0.00427. The molecule has 1 amide bonds. The highest BCUT2D eigenvalue weighted by Crippen LogP contribution is 2.24. The van der Waals surface area contributed by atoms with Crippen molar-refractivity contribution < 1.29 is 14.5 Å². The molecule has 4 N–H and O–H groups in total. The van der Waals surface area contributed by atoms with E-state index in [9.17, 15) is 9.90 Å². The first kappa shape index (κ1) is 21.9. The Morgan fingerprint density at radius 1 is 1.27 bits per heavy atom. The lowest BCUT2D eigenvalue weighted by molar-refractivity contribution is 0.0949. The molecule has 0 spiro atoms. The molecular formula is C18H19N11O3S. The van der Waals surface area contributed by atoms with E-state index in [4.69, 9.17) is 5.73 Å². The van der Waals surface area contributed by atoms with Crippen molar-refractivity contribution >= 4 is 29.2 Å². The van der Waals surface area contributed by atoms with Crippen LogP contribution in [-0.2, 0) is 12.8 Å². The number of carbonyl (C=O) groups is 1. The second-order valence-corrected chi connectivity index (χ2v) is 7.63. The van der Waals surface area contributed by atoms with E-state index in [0.29, 0.717) is 23.0 Å². The summed E-state index contributed by atoms with van der Waals surface area (Å²) in [5, 5.41) is 37.5. The molecule has 33 heavy (non-hydrogen) atoms. The number of hydrogen-bond acceptors (Lipinski definition) is 12. The number of aryl methyl sites for hydroxylation is 1. The molecular weight excluding hydrogens is 450 g/mol. The molecule has 14 nitrogen and oxygen atoms in total. The van der Waals surface area contributed by atoms with E-state index in [-0.39, 0.29) is 28.8 Å². The first-order valence-electron chi connectivity index (χ1n) is 9.64. The molecule has 0 unspecified atom stereocenters. The SMILES string of the molecule is CC/C(=N\NC(=O)c1nnn(-c2nonc2N)c1CSc1nncn1C)c1ccc(O)cc1. The topological polar surface area (TPSA) is 188 Å². The second kappa shape index (κ2) is 9.47. The van der Waals surface area contributed by atoms with Crippen LogP contribution in [0.1, 0.15) is 35.1 Å². The molecule has 0 saturated heterocycles. The highest BCUT2D eigenvalue weighted by Gasteiger charge is 2.24. The second-order valence-electron chi connectivity index (χ2n) is 6.68. The van der Waals surface area contributed by atoms with Gasteiger partial charge in [0.25, 0.3) is 5.91 Å². The predicted molar refractivity (Wildman–Crippen MR) is 117 cm³/mol. The van der Waals surface area contributed by atoms with Gasteiger partial charge in [0.15, 0.2) is 10.9 Å². The molecule has 0 atom stereocenters. The van der Waals surface area contributed by atoms with Gasteiger partial charge in [-0.3, -0.25) is 4.79 Å². The summed E-state index contributed by atoms with van der Waals surface area (Å²) in [7, 11) is 1.80. The minimum atomic E-state index is -0.574. The highest BCUT2D eigenvalue weighted by molar-refractivity contribution is 7.98. The normalized spacial score (nSPS) is 11.6. The third-order valence-corrected chi connectivity index (χ3v) is 5.56. The monoisotopic (exact) mass is 469 g/mol. The number of nitrogens with one attached hydrogen (secondary N) is 1. The van der Waals surface area contributed by atoms with Gasteiger partial charge in [-0.1, -0.05) is 23.9 Å². The van der Waals surface area contributed by atoms with E-state index in [1.807, 2.05) is 6.92 Å². The first-order chi connectivity index (χ1) is 16.0. The van der Waals surface area contributed by atoms with E-state index in [2.05, 4.69) is 46.0 Å². The summed E-state index contributed by atoms with van der Waals surface area (Å²) in [4.78, 5) is 13.0. The molecule has 0 radical (unpaired) electrons. The third-order valence-electron chi connectivity index (χ3n) is 4.51. The van der Waals surface area contributed by atoms with E-state index in [0.717, 1.165) is 5.56 Å². The van der Waals surface area contributed by atoms with Crippen LogP contribution < -0.4 is 11.2 Å². The van der Waals surface area contributed by atoms with Gasteiger partial charge in [-0.2, -0.15) is 9.78 Å². The number of nitrogens with two attached hydrogens (primary N) is 1. The van der Waals surface area contributed by atoms with Crippen molar-refractivity contribution in [2.45, 2.75) is 24.3 Å². The average Bonchev–Trinajstić information content (AvgIpc) is 3.53. The number of aromatic hydroxyl groups is 1. The quantitative estimate of drug-likeness (QED) is 0.189. The Morgan fingerprint density at radius 3 is 2.70 bits per heavy atom. The van der Waals surface area contributed by atoms with E-state index in [1.165, 1.54) is 16.4 Å². The van der Waals surface area contributed by atoms with Crippen LogP contribution in [0.5, 0.6) is 5.75 Å². The van der Waals surface area contributed by atoms with E-state index < -0.39 is 5.91 Å². The maximum Gasteiger partial charge on any atom is 0.293 e. The van der Waals surface area contributed by atoms with Gasteiger partial charge in [-0.15, -0.1) is 15.3 Å². The van der Waals surface area contributed by atoms with Crippen molar-refractivity contribution in [1.82, 2.24) is 45.5 Å². The zero-order valence-corrected chi connectivity index (χ0v) is 18.4. The van der Waals surface area contributed by atoms with Crippen molar-refractivity contribution in [2.75, 3.05) is 5.73 Å². The molecule has 3 aromatic heterocycles. The van der Waals surface area contributed by atoms with Crippen LogP contribution in [0, 0.1) is 0 Å². The van der Waals surface area contributed by atoms with Crippen molar-refractivity contribution in [3.05, 3.63) is 47.5 Å². The Hall–Kier alpha value is -4.27. The Labute approximate surface area is 190 Å². The number of carbonyl (C=O) groups excluding carboxylic acids is 1. The Bertz CT molecular complexity index is 1290. The molecule has 0 aliphatic carbocycles. The summed E-state index contributed by atoms with van der Waals surface area (Å²) < 4.78 is 7.68. The van der Waals surface area contributed by atoms with Crippen molar-refractivity contribution in [3.63, 3.8) is 0 Å². The molecule has 15 heteroatoms. The molecule has 0 saturated carbocycles. The fourth-order valence-electron chi connectivity index (χ4n) is 2.82. The van der Waals surface area contributed by atoms with Gasteiger partial charge < -0.3 is 15.4 Å². The number of hydrazone groups is 1. The van der Waals surface area contributed by atoms with E-state index >= 15 is 0 Å². The van der Waals surface area contributed by atoms with Crippen LogP contribution in [-0.4, -0.2) is 56.8 Å². The summed E-state index contributed by atoms with van der Waals surface area (Å²) in [6, 6.07) is 6.52. The van der Waals surface area contributed by atoms with Crippen molar-refractivity contribution in [1.29, 1.82) is 0 Å². The average molecular weight is 469 g/mol. The smallest absolute Gasteiger partial charge is 0.293 e. The minimum Gasteiger partial charge on any atom is -0.508 e. The largest absolute Gasteiger partial charge is 0.508 e. The molecule has 0 bridgehead atoms. The molecule has 4 aromatic rings. The van der Waals surface area contributed by atoms with Crippen LogP contribution in [0.15, 0.2) is 45.5 Å². The molecule has 3 heterocycles. The van der Waals surface area contributed by atoms with Crippen LogP contribution in [0.3, 0.4) is 0 Å². The molecule has 1 aromatic carbocycles. The van der Waals surface area contributed by atoms with Gasteiger partial charge in [0.2, 0.25) is 11.6 Å². The van der Waals surface area contributed by atoms with Gasteiger partial charge in [0.1, 0.15) is 12.1 Å². The van der Waals surface area contributed by atoms with Gasteiger partial charge in [0.05, 0.1) is 11.4 Å². The first-order valence-corrected chi connectivity index (χ1v) is 10.6. The lowest BCUT2D eigenvalue weighted by Crippen LogP contribution is -2.22. The standard InChI is InChI=1S/C18H19N11O3S/c1-3-12(10-4-6-11(30)7-5-10)21-23-17(31)14-13(8-33-18-24-20-9-28(18)2)29(27-22-14)16-15(19)25-32-26-16/h4-7,9,30H,3,8H2,1-2H3,(H2,19,25)(H,23,31)/b21-12+. The van der Waals surface area contributed by atoms with Crippen molar-refractivity contribution in [2.24, 2.45) is 12.1 Å². The number of phenolic OH excluding ortho intramolecular Hbond substituents is 1. The predicted octanol–water partition coefficient (Wildman–Crippen LogP) is 0.903. The number of nitrogen functional groups attached to an aromatic ring is 1. The molecule has 0 fully saturated rings. The highest BCUT2D eigenvalue weighted by atomic mass is 32.2. The van der Waals surface area contributed by atoms with Gasteiger partial charge in [-0.05, 0) is 46.6 Å². The Balaban J connectivity index is 1.62. The van der Waals surface area contributed by atoms with Crippen molar-refractivity contribution in [3.8, 4) is 11.6 Å². The van der Waals surface area contributed by atoms with Gasteiger partial charge >= 0.3 is 0 Å². The summed E-state index contributed by atoms with van der Waals surface area (Å²) >= 11 is 1.32. The van der Waals surface area contributed by atoms with Crippen LogP contribution >= 0.6 is 11.8 Å². The van der Waals surface area contributed by atoms with E-state index in [1.54, 1.807) is 42.2 Å². The van der Waals surface area contributed by atoms with Crippen LogP contribution in [0.4, 0.5) is 5.82 Å². The number of anilines is 1. The van der Waals surface area contributed by atoms with Crippen LogP contribution in [0.2, 0.25) is 0 Å². The molecule has 0 aliphatic heterocycles. The lowest BCUT2D eigenvalue weighted by atomic mass is 10.1. The summed E-state index contributed by atoms with van der Waals surface area (Å²) in [6.45, 7) is 1.90. The third kappa shape index (κ3) is 4.67. The Morgan fingerprint density at radius 2 is 2.06 bits per heavy atom. The fourth-order valence-corrected chi connectivity index (χ4v) is 3.70. The lowest BCUT2D eigenvalue weighted by Gasteiger charge is -2.07. The maximum atomic E-state index is 13.0. The van der Waals surface area contributed by atoms with Crippen LogP contribution in [0.25, 0.3) is 5.82 Å². The number of phenols is 1. The number of aromatic nitrogens is 8.